The van der Waals surface area contributed by atoms with Crippen molar-refractivity contribution in [3.63, 3.8) is 0 Å². The molecular formula is C26H24N2O4. The van der Waals surface area contributed by atoms with E-state index in [0.717, 1.165) is 11.1 Å². The van der Waals surface area contributed by atoms with Crippen LogP contribution in [0.25, 0.3) is 0 Å². The minimum absolute atomic E-state index is 0.0366. The lowest BCUT2D eigenvalue weighted by atomic mass is 9.85. The number of Topliss-reactive ketones (excluding diaryl/α,β-unsaturated/α-hetero) is 1. The van der Waals surface area contributed by atoms with Gasteiger partial charge in [-0.3, -0.25) is 14.5 Å². The maximum Gasteiger partial charge on any atom is 0.412 e. The number of carbonyl (C=O) groups is 2. The summed E-state index contributed by atoms with van der Waals surface area (Å²) in [6, 6.07) is 28.3. The van der Waals surface area contributed by atoms with Crippen molar-refractivity contribution in [2.45, 2.75) is 24.7 Å². The molecule has 0 radical (unpaired) electrons. The van der Waals surface area contributed by atoms with Gasteiger partial charge in [0.25, 0.3) is 0 Å². The zero-order chi connectivity index (χ0) is 21.9. The van der Waals surface area contributed by atoms with Crippen LogP contribution in [-0.4, -0.2) is 47.3 Å². The van der Waals surface area contributed by atoms with Gasteiger partial charge in [0.1, 0.15) is 12.6 Å². The van der Waals surface area contributed by atoms with Crippen LogP contribution >= 0.6 is 0 Å². The van der Waals surface area contributed by atoms with Gasteiger partial charge in [-0.15, -0.1) is 0 Å². The van der Waals surface area contributed by atoms with Crippen LogP contribution in [0.3, 0.4) is 0 Å². The molecule has 0 bridgehead atoms. The van der Waals surface area contributed by atoms with Crippen LogP contribution < -0.4 is 0 Å². The highest BCUT2D eigenvalue weighted by Crippen LogP contribution is 2.41. The number of ketones is 1. The highest BCUT2D eigenvalue weighted by molar-refractivity contribution is 6.01. The quantitative estimate of drug-likeness (QED) is 0.550. The third kappa shape index (κ3) is 3.90. The first-order chi connectivity index (χ1) is 15.7. The summed E-state index contributed by atoms with van der Waals surface area (Å²) in [5.41, 5.74) is 2.58. The number of cyclic esters (lactones) is 1. The molecule has 6 nitrogen and oxygen atoms in total. The smallest absolute Gasteiger partial charge is 0.412 e. The fourth-order valence-electron chi connectivity index (χ4n) is 4.48. The van der Waals surface area contributed by atoms with Crippen LogP contribution in [0.15, 0.2) is 91.0 Å². The van der Waals surface area contributed by atoms with Crippen LogP contribution in [-0.2, 0) is 16.1 Å². The van der Waals surface area contributed by atoms with Crippen LogP contribution in [0.5, 0.6) is 0 Å². The number of carbonyl (C=O) groups excluding carboxylic acids is 2. The third-order valence-corrected chi connectivity index (χ3v) is 5.99. The molecule has 0 aromatic heterocycles. The number of hydrogen-bond acceptors (Lipinski definition) is 5. The second-order valence-electron chi connectivity index (χ2n) is 7.98. The molecular weight excluding hydrogens is 404 g/mol. The second kappa shape index (κ2) is 8.94. The van der Waals surface area contributed by atoms with E-state index in [9.17, 15) is 9.59 Å². The Morgan fingerprint density at radius 1 is 0.875 bits per heavy atom. The molecule has 1 amide bonds. The second-order valence-corrected chi connectivity index (χ2v) is 7.98. The number of ether oxygens (including phenoxy) is 1. The maximum absolute atomic E-state index is 13.8. The Hall–Kier alpha value is -3.48. The lowest BCUT2D eigenvalue weighted by Gasteiger charge is -2.27. The fourth-order valence-corrected chi connectivity index (χ4v) is 4.48. The molecule has 3 atom stereocenters. The zero-order valence-corrected chi connectivity index (χ0v) is 17.5. The predicted molar refractivity (Wildman–Crippen MR) is 119 cm³/mol. The summed E-state index contributed by atoms with van der Waals surface area (Å²) in [4.78, 5) is 34.3. The number of amides is 1. The van der Waals surface area contributed by atoms with Crippen LogP contribution in [0.2, 0.25) is 0 Å². The van der Waals surface area contributed by atoms with Crippen molar-refractivity contribution in [2.75, 3.05) is 13.2 Å². The summed E-state index contributed by atoms with van der Waals surface area (Å²) in [7, 11) is 0. The Labute approximate surface area is 186 Å². The molecule has 0 spiro atoms. The highest BCUT2D eigenvalue weighted by Gasteiger charge is 2.52. The average Bonchev–Trinajstić information content (AvgIpc) is 3.43. The molecule has 32 heavy (non-hydrogen) atoms. The molecule has 2 aliphatic heterocycles. The van der Waals surface area contributed by atoms with Crippen LogP contribution in [0.4, 0.5) is 4.79 Å². The Morgan fingerprint density at radius 2 is 1.50 bits per heavy atom. The van der Waals surface area contributed by atoms with E-state index < -0.39 is 18.4 Å². The van der Waals surface area contributed by atoms with E-state index in [0.29, 0.717) is 25.3 Å². The van der Waals surface area contributed by atoms with Crippen molar-refractivity contribution in [1.82, 2.24) is 9.96 Å². The van der Waals surface area contributed by atoms with Gasteiger partial charge in [0.2, 0.25) is 0 Å². The van der Waals surface area contributed by atoms with Gasteiger partial charge in [-0.05, 0) is 11.1 Å². The normalized spacial score (nSPS) is 23.3. The van der Waals surface area contributed by atoms with Crippen molar-refractivity contribution in [3.8, 4) is 0 Å². The van der Waals surface area contributed by atoms with E-state index in [4.69, 9.17) is 9.57 Å². The first kappa shape index (κ1) is 20.4. The number of hydrogen-bond donors (Lipinski definition) is 0. The van der Waals surface area contributed by atoms with E-state index in [-0.39, 0.29) is 11.7 Å². The molecule has 6 heteroatoms. The maximum atomic E-state index is 13.8. The van der Waals surface area contributed by atoms with E-state index in [1.54, 1.807) is 9.96 Å². The molecule has 0 N–H and O–H groups in total. The standard InChI is InChI=1S/C26H24N2O4/c29-24(21-14-8-3-9-15-21)23-22(20-12-6-2-7-13-20)25(27-16-17-31-26(27)30)32-28(23)18-19-10-4-1-5-11-19/h1-15,22-23,25H,16-18H2/t22-,23+,25-/m0/s1. The summed E-state index contributed by atoms with van der Waals surface area (Å²) >= 11 is 0. The first-order valence-corrected chi connectivity index (χ1v) is 10.8. The van der Waals surface area contributed by atoms with Gasteiger partial charge in [-0.25, -0.2) is 4.79 Å². The molecule has 0 aliphatic carbocycles. The Bertz CT molecular complexity index is 1070. The molecule has 2 aliphatic rings. The van der Waals surface area contributed by atoms with Gasteiger partial charge in [0, 0.05) is 5.56 Å². The van der Waals surface area contributed by atoms with Gasteiger partial charge < -0.3 is 4.74 Å². The van der Waals surface area contributed by atoms with Crippen LogP contribution in [0, 0.1) is 0 Å². The molecule has 3 aromatic rings. The SMILES string of the molecule is O=C(c1ccccc1)[C@H]1[C@H](c2ccccc2)[C@@H](N2CCOC2=O)ON1Cc1ccccc1. The van der Waals surface area contributed by atoms with Crippen molar-refractivity contribution in [2.24, 2.45) is 0 Å². The molecule has 0 unspecified atom stereocenters. The topological polar surface area (TPSA) is 59.1 Å². The van der Waals surface area contributed by atoms with E-state index in [1.807, 2.05) is 91.0 Å². The van der Waals surface area contributed by atoms with E-state index in [2.05, 4.69) is 0 Å². The predicted octanol–water partition coefficient (Wildman–Crippen LogP) is 4.25. The minimum Gasteiger partial charge on any atom is -0.447 e. The average molecular weight is 428 g/mol. The van der Waals surface area contributed by atoms with E-state index in [1.165, 1.54) is 0 Å². The highest BCUT2D eigenvalue weighted by atomic mass is 16.7. The summed E-state index contributed by atoms with van der Waals surface area (Å²) in [5.74, 6) is -0.399. The summed E-state index contributed by atoms with van der Waals surface area (Å²) in [5, 5.41) is 1.73. The number of hydroxylamine groups is 2. The molecule has 162 valence electrons. The number of rotatable bonds is 6. The van der Waals surface area contributed by atoms with Crippen LogP contribution in [0.1, 0.15) is 27.4 Å². The van der Waals surface area contributed by atoms with Gasteiger partial charge in [0.05, 0.1) is 19.0 Å². The molecule has 2 heterocycles. The van der Waals surface area contributed by atoms with Gasteiger partial charge in [0.15, 0.2) is 12.0 Å². The van der Waals surface area contributed by atoms with Crippen molar-refractivity contribution in [1.29, 1.82) is 0 Å². The van der Waals surface area contributed by atoms with Gasteiger partial charge in [-0.2, -0.15) is 5.06 Å². The third-order valence-electron chi connectivity index (χ3n) is 5.99. The van der Waals surface area contributed by atoms with Crippen molar-refractivity contribution in [3.05, 3.63) is 108 Å². The molecule has 0 saturated carbocycles. The molecule has 2 fully saturated rings. The Morgan fingerprint density at radius 3 is 2.12 bits per heavy atom. The monoisotopic (exact) mass is 428 g/mol. The zero-order valence-electron chi connectivity index (χ0n) is 17.5. The summed E-state index contributed by atoms with van der Waals surface area (Å²) in [6.07, 6.45) is -1.04. The number of nitrogens with zero attached hydrogens (tertiary/aromatic N) is 2. The van der Waals surface area contributed by atoms with E-state index >= 15 is 0 Å². The molecule has 2 saturated heterocycles. The first-order valence-electron chi connectivity index (χ1n) is 10.8. The lowest BCUT2D eigenvalue weighted by molar-refractivity contribution is -0.191. The Balaban J connectivity index is 1.58. The fraction of sp³-hybridized carbons (Fsp3) is 0.231. The lowest BCUT2D eigenvalue weighted by Crippen LogP contribution is -2.42. The Kier molecular flexibility index (Phi) is 5.71. The van der Waals surface area contributed by atoms with Gasteiger partial charge >= 0.3 is 6.09 Å². The summed E-state index contributed by atoms with van der Waals surface area (Å²) < 4.78 is 5.20. The number of benzene rings is 3. The van der Waals surface area contributed by atoms with Crippen molar-refractivity contribution < 1.29 is 19.2 Å². The largest absolute Gasteiger partial charge is 0.447 e. The minimum atomic E-state index is -0.631. The summed E-state index contributed by atoms with van der Waals surface area (Å²) in [6.45, 7) is 1.17. The molecule has 5 rings (SSSR count). The molecule has 3 aromatic carbocycles. The van der Waals surface area contributed by atoms with Crippen molar-refractivity contribution >= 4 is 11.9 Å². The van der Waals surface area contributed by atoms with Gasteiger partial charge in [-0.1, -0.05) is 91.0 Å².